The minimum atomic E-state index is -0.452. The van der Waals surface area contributed by atoms with Crippen molar-refractivity contribution < 1.29 is 32.9 Å². The Labute approximate surface area is 201 Å². The number of methoxy groups -OCH3 is 3. The van der Waals surface area contributed by atoms with Crippen LogP contribution >= 0.6 is 11.6 Å². The Morgan fingerprint density at radius 1 is 0.971 bits per heavy atom. The van der Waals surface area contributed by atoms with Gasteiger partial charge in [-0.25, -0.2) is 4.39 Å². The molecule has 0 unspecified atom stereocenters. The second-order valence-electron chi connectivity index (χ2n) is 7.42. The van der Waals surface area contributed by atoms with E-state index in [1.54, 1.807) is 43.3 Å². The molecule has 0 radical (unpaired) electrons. The molecule has 1 aliphatic heterocycles. The minimum absolute atomic E-state index is 0.0649. The van der Waals surface area contributed by atoms with E-state index in [4.69, 9.17) is 35.3 Å². The average molecular weight is 485 g/mol. The Morgan fingerprint density at radius 3 is 2.38 bits per heavy atom. The van der Waals surface area contributed by atoms with E-state index < -0.39 is 5.82 Å². The van der Waals surface area contributed by atoms with E-state index in [0.717, 1.165) is 0 Å². The van der Waals surface area contributed by atoms with Crippen molar-refractivity contribution in [3.8, 4) is 28.7 Å². The SMILES string of the molecule is COc1ccc(/C=C2\Oc3c(ccc(OCc4c(F)cccc4Cl)c3C)C2=O)c(OC)c1OC. The van der Waals surface area contributed by atoms with E-state index in [0.29, 0.717) is 45.4 Å². The summed E-state index contributed by atoms with van der Waals surface area (Å²) >= 11 is 6.09. The molecule has 34 heavy (non-hydrogen) atoms. The maximum Gasteiger partial charge on any atom is 0.231 e. The number of halogens is 2. The van der Waals surface area contributed by atoms with Crippen LogP contribution in [-0.4, -0.2) is 27.1 Å². The summed E-state index contributed by atoms with van der Waals surface area (Å²) in [5.74, 6) is 1.54. The summed E-state index contributed by atoms with van der Waals surface area (Å²) in [4.78, 5) is 13.0. The van der Waals surface area contributed by atoms with Crippen LogP contribution in [0, 0.1) is 12.7 Å². The molecule has 0 amide bonds. The van der Waals surface area contributed by atoms with Gasteiger partial charge in [-0.3, -0.25) is 4.79 Å². The molecule has 3 aromatic rings. The fourth-order valence-electron chi connectivity index (χ4n) is 3.72. The van der Waals surface area contributed by atoms with Crippen LogP contribution < -0.4 is 23.7 Å². The van der Waals surface area contributed by atoms with Crippen LogP contribution in [0.2, 0.25) is 5.02 Å². The number of fused-ring (bicyclic) bond motifs is 1. The molecule has 0 saturated carbocycles. The maximum absolute atomic E-state index is 14.1. The van der Waals surface area contributed by atoms with Crippen molar-refractivity contribution in [2.24, 2.45) is 0 Å². The number of carbonyl (C=O) groups is 1. The van der Waals surface area contributed by atoms with Crippen molar-refractivity contribution in [1.82, 2.24) is 0 Å². The summed E-state index contributed by atoms with van der Waals surface area (Å²) in [5.41, 5.74) is 1.85. The van der Waals surface area contributed by atoms with Gasteiger partial charge >= 0.3 is 0 Å². The zero-order chi connectivity index (χ0) is 24.4. The highest BCUT2D eigenvalue weighted by atomic mass is 35.5. The van der Waals surface area contributed by atoms with Gasteiger partial charge in [-0.15, -0.1) is 0 Å². The van der Waals surface area contributed by atoms with Crippen LogP contribution in [0.1, 0.15) is 27.0 Å². The third-order valence-electron chi connectivity index (χ3n) is 5.49. The highest BCUT2D eigenvalue weighted by molar-refractivity contribution is 6.31. The van der Waals surface area contributed by atoms with Crippen LogP contribution in [0.5, 0.6) is 28.7 Å². The standard InChI is InChI=1S/C26H22ClFO6/c1-14-20(33-13-17-18(27)6-5-7-19(17)28)11-9-16-23(29)22(34-24(14)16)12-15-8-10-21(30-2)26(32-4)25(15)31-3/h5-12H,13H2,1-4H3/b22-12-. The van der Waals surface area contributed by atoms with Gasteiger partial charge in [0.05, 0.1) is 31.9 Å². The van der Waals surface area contributed by atoms with Gasteiger partial charge in [-0.05, 0) is 49.4 Å². The zero-order valence-electron chi connectivity index (χ0n) is 19.0. The third-order valence-corrected chi connectivity index (χ3v) is 5.85. The summed E-state index contributed by atoms with van der Waals surface area (Å²) < 4.78 is 42.0. The first-order chi connectivity index (χ1) is 16.4. The molecule has 0 aromatic heterocycles. The lowest BCUT2D eigenvalue weighted by Crippen LogP contribution is -2.01. The minimum Gasteiger partial charge on any atom is -0.493 e. The molecule has 3 aromatic carbocycles. The molecule has 0 saturated heterocycles. The summed E-state index contributed by atoms with van der Waals surface area (Å²) in [7, 11) is 4.53. The number of carbonyl (C=O) groups excluding carboxylic acids is 1. The summed E-state index contributed by atoms with van der Waals surface area (Å²) in [5, 5.41) is 0.277. The Kier molecular flexibility index (Phi) is 6.65. The first-order valence-corrected chi connectivity index (χ1v) is 10.7. The molecule has 0 aliphatic carbocycles. The van der Waals surface area contributed by atoms with Gasteiger partial charge in [0.2, 0.25) is 11.5 Å². The highest BCUT2D eigenvalue weighted by Crippen LogP contribution is 2.43. The van der Waals surface area contributed by atoms with Crippen molar-refractivity contribution >= 4 is 23.5 Å². The van der Waals surface area contributed by atoms with Gasteiger partial charge in [0, 0.05) is 16.7 Å². The number of hydrogen-bond donors (Lipinski definition) is 0. The van der Waals surface area contributed by atoms with E-state index in [-0.39, 0.29) is 28.7 Å². The van der Waals surface area contributed by atoms with Crippen LogP contribution in [-0.2, 0) is 6.61 Å². The molecule has 0 N–H and O–H groups in total. The number of allylic oxidation sites excluding steroid dienone is 1. The van der Waals surface area contributed by atoms with E-state index in [1.807, 2.05) is 0 Å². The second kappa shape index (κ2) is 9.65. The first-order valence-electron chi connectivity index (χ1n) is 10.3. The predicted molar refractivity (Wildman–Crippen MR) is 126 cm³/mol. The summed E-state index contributed by atoms with van der Waals surface area (Å²) in [6.45, 7) is 1.70. The lowest BCUT2D eigenvalue weighted by atomic mass is 10.1. The lowest BCUT2D eigenvalue weighted by molar-refractivity contribution is 0.101. The number of hydrogen-bond acceptors (Lipinski definition) is 6. The summed E-state index contributed by atoms with van der Waals surface area (Å²) in [6.07, 6.45) is 1.59. The topological polar surface area (TPSA) is 63.2 Å². The van der Waals surface area contributed by atoms with Crippen LogP contribution in [0.3, 0.4) is 0 Å². The number of rotatable bonds is 7. The van der Waals surface area contributed by atoms with Gasteiger partial charge in [0.15, 0.2) is 17.3 Å². The molecule has 1 aliphatic rings. The van der Waals surface area contributed by atoms with Crippen LogP contribution in [0.15, 0.2) is 48.2 Å². The average Bonchev–Trinajstić information content (AvgIpc) is 3.15. The molecule has 8 heteroatoms. The van der Waals surface area contributed by atoms with Gasteiger partial charge < -0.3 is 23.7 Å². The van der Waals surface area contributed by atoms with Crippen LogP contribution in [0.25, 0.3) is 6.08 Å². The van der Waals surface area contributed by atoms with Gasteiger partial charge in [-0.1, -0.05) is 17.7 Å². The third kappa shape index (κ3) is 4.15. The molecule has 0 atom stereocenters. The molecule has 4 rings (SSSR count). The Morgan fingerprint density at radius 2 is 1.71 bits per heavy atom. The van der Waals surface area contributed by atoms with Crippen molar-refractivity contribution in [1.29, 1.82) is 0 Å². The van der Waals surface area contributed by atoms with E-state index in [9.17, 15) is 9.18 Å². The second-order valence-corrected chi connectivity index (χ2v) is 7.82. The summed E-state index contributed by atoms with van der Waals surface area (Å²) in [6, 6.07) is 11.2. The molecular formula is C26H22ClFO6. The number of ketones is 1. The molecule has 1 heterocycles. The predicted octanol–water partition coefficient (Wildman–Crippen LogP) is 6.01. The normalized spacial score (nSPS) is 13.5. The van der Waals surface area contributed by atoms with E-state index in [1.165, 1.54) is 33.5 Å². The fourth-order valence-corrected chi connectivity index (χ4v) is 3.94. The number of ether oxygens (including phenoxy) is 5. The van der Waals surface area contributed by atoms with Gasteiger partial charge in [0.25, 0.3) is 0 Å². The first kappa shape index (κ1) is 23.4. The van der Waals surface area contributed by atoms with Crippen molar-refractivity contribution in [2.45, 2.75) is 13.5 Å². The quantitative estimate of drug-likeness (QED) is 0.383. The number of Topliss-reactive ketones (excluding diaryl/α,β-unsaturated/α-hetero) is 1. The molecule has 0 bridgehead atoms. The lowest BCUT2D eigenvalue weighted by Gasteiger charge is -2.14. The Hall–Kier alpha value is -3.71. The highest BCUT2D eigenvalue weighted by Gasteiger charge is 2.31. The van der Waals surface area contributed by atoms with Gasteiger partial charge in [0.1, 0.15) is 23.9 Å². The van der Waals surface area contributed by atoms with Crippen molar-refractivity contribution in [2.75, 3.05) is 21.3 Å². The molecule has 0 spiro atoms. The van der Waals surface area contributed by atoms with E-state index >= 15 is 0 Å². The molecular weight excluding hydrogens is 463 g/mol. The van der Waals surface area contributed by atoms with Crippen molar-refractivity contribution in [3.05, 3.63) is 81.3 Å². The molecule has 0 fully saturated rings. The van der Waals surface area contributed by atoms with Gasteiger partial charge in [-0.2, -0.15) is 0 Å². The number of benzene rings is 3. The molecule has 176 valence electrons. The zero-order valence-corrected chi connectivity index (χ0v) is 19.8. The molecule has 6 nitrogen and oxygen atoms in total. The maximum atomic E-state index is 14.1. The monoisotopic (exact) mass is 484 g/mol. The van der Waals surface area contributed by atoms with Crippen LogP contribution in [0.4, 0.5) is 4.39 Å². The van der Waals surface area contributed by atoms with E-state index in [2.05, 4.69) is 0 Å². The smallest absolute Gasteiger partial charge is 0.231 e. The largest absolute Gasteiger partial charge is 0.493 e. The Balaban J connectivity index is 1.64. The fraction of sp³-hybridized carbons (Fsp3) is 0.192. The Bertz CT molecular complexity index is 1280. The van der Waals surface area contributed by atoms with Crippen molar-refractivity contribution in [3.63, 3.8) is 0 Å².